The Bertz CT molecular complexity index is 1290. The Morgan fingerprint density at radius 3 is 2.53 bits per heavy atom. The molecule has 0 aliphatic carbocycles. The van der Waals surface area contributed by atoms with Gasteiger partial charge in [-0.25, -0.2) is 9.18 Å². The van der Waals surface area contributed by atoms with Gasteiger partial charge in [-0.05, 0) is 23.8 Å². The van der Waals surface area contributed by atoms with Gasteiger partial charge in [0.25, 0.3) is 0 Å². The van der Waals surface area contributed by atoms with E-state index in [1.165, 1.54) is 35.6 Å². The predicted molar refractivity (Wildman–Crippen MR) is 123 cm³/mol. The number of halogens is 4. The summed E-state index contributed by atoms with van der Waals surface area (Å²) in [6, 6.07) is 6.03. The van der Waals surface area contributed by atoms with E-state index in [9.17, 15) is 22.4 Å². The molecule has 0 saturated carbocycles. The number of aromatic nitrogens is 2. The molecule has 1 atom stereocenters. The number of hydrogen-bond acceptors (Lipinski definition) is 6. The number of rotatable bonds is 3. The standard InChI is InChI=1S/C23H22F4N4O2S/c1-33-15-11-31-19-16(21(29-22(31)32)30-8-6-28-7-9-30)10-17(23(25,26)27)18(20(19)34-12-15)13-2-4-14(24)5-3-13/h2-5,10,15,28H,6-9,11-12H2,1H3. The number of nitrogens with one attached hydrogen (secondary N) is 1. The number of hydrogen-bond donors (Lipinski definition) is 1. The molecule has 180 valence electrons. The molecule has 1 aromatic heterocycles. The SMILES string of the molecule is COC1CSc2c(-c3ccc(F)cc3)c(C(F)(F)F)cc3c(N4CCNCC4)nc(=O)n(c23)C1. The van der Waals surface area contributed by atoms with Crippen molar-refractivity contribution in [2.45, 2.75) is 23.7 Å². The van der Waals surface area contributed by atoms with Gasteiger partial charge >= 0.3 is 11.9 Å². The average molecular weight is 495 g/mol. The molecule has 11 heteroatoms. The molecule has 1 N–H and O–H groups in total. The van der Waals surface area contributed by atoms with Crippen molar-refractivity contribution in [1.82, 2.24) is 14.9 Å². The Balaban J connectivity index is 1.90. The van der Waals surface area contributed by atoms with Crippen molar-refractivity contribution in [3.05, 3.63) is 52.2 Å². The molecule has 1 unspecified atom stereocenters. The summed E-state index contributed by atoms with van der Waals surface area (Å²) in [7, 11) is 1.51. The summed E-state index contributed by atoms with van der Waals surface area (Å²) in [5.41, 5.74) is -0.795. The number of piperazine rings is 1. The van der Waals surface area contributed by atoms with Gasteiger partial charge in [-0.15, -0.1) is 11.8 Å². The topological polar surface area (TPSA) is 59.4 Å². The molecule has 2 aromatic carbocycles. The molecule has 6 nitrogen and oxygen atoms in total. The Morgan fingerprint density at radius 2 is 1.88 bits per heavy atom. The van der Waals surface area contributed by atoms with Crippen molar-refractivity contribution in [1.29, 1.82) is 0 Å². The molecule has 0 radical (unpaired) electrons. The first-order chi connectivity index (χ1) is 16.3. The van der Waals surface area contributed by atoms with E-state index in [1.54, 1.807) is 0 Å². The lowest BCUT2D eigenvalue weighted by atomic mass is 9.96. The maximum Gasteiger partial charge on any atom is 0.417 e. The highest BCUT2D eigenvalue weighted by atomic mass is 32.2. The van der Waals surface area contributed by atoms with Crippen molar-refractivity contribution < 1.29 is 22.3 Å². The van der Waals surface area contributed by atoms with E-state index < -0.39 is 23.2 Å². The lowest BCUT2D eigenvalue weighted by molar-refractivity contribution is -0.137. The fourth-order valence-corrected chi connectivity index (χ4v) is 5.85. The van der Waals surface area contributed by atoms with E-state index in [0.717, 1.165) is 18.2 Å². The summed E-state index contributed by atoms with van der Waals surface area (Å²) in [6.07, 6.45) is -5.07. The molecule has 34 heavy (non-hydrogen) atoms. The summed E-state index contributed by atoms with van der Waals surface area (Å²) in [4.78, 5) is 19.6. The minimum Gasteiger partial charge on any atom is -0.379 e. The lowest BCUT2D eigenvalue weighted by Gasteiger charge is -2.30. The van der Waals surface area contributed by atoms with Gasteiger partial charge in [0.05, 0.1) is 23.7 Å². The minimum atomic E-state index is -4.68. The maximum absolute atomic E-state index is 14.5. The van der Waals surface area contributed by atoms with Gasteiger partial charge in [0.2, 0.25) is 0 Å². The van der Waals surface area contributed by atoms with E-state index in [-0.39, 0.29) is 35.0 Å². The van der Waals surface area contributed by atoms with E-state index in [1.807, 2.05) is 4.90 Å². The number of alkyl halides is 3. The molecule has 0 amide bonds. The van der Waals surface area contributed by atoms with Crippen molar-refractivity contribution >= 4 is 28.5 Å². The minimum absolute atomic E-state index is 0.0626. The van der Waals surface area contributed by atoms with Crippen LogP contribution in [-0.4, -0.2) is 54.7 Å². The Labute approximate surface area is 196 Å². The van der Waals surface area contributed by atoms with Crippen LogP contribution in [-0.2, 0) is 17.5 Å². The smallest absolute Gasteiger partial charge is 0.379 e. The van der Waals surface area contributed by atoms with Gasteiger partial charge in [0.15, 0.2) is 0 Å². The quantitative estimate of drug-likeness (QED) is 0.560. The molecule has 3 heterocycles. The number of benzene rings is 2. The summed E-state index contributed by atoms with van der Waals surface area (Å²) in [5.74, 6) is 0.0651. The van der Waals surface area contributed by atoms with Crippen LogP contribution in [0.15, 0.2) is 40.0 Å². The van der Waals surface area contributed by atoms with Gasteiger partial charge in [-0.1, -0.05) is 12.1 Å². The van der Waals surface area contributed by atoms with Gasteiger partial charge in [-0.3, -0.25) is 4.57 Å². The summed E-state index contributed by atoms with van der Waals surface area (Å²) in [6.45, 7) is 2.50. The van der Waals surface area contributed by atoms with Crippen molar-refractivity contribution in [2.24, 2.45) is 0 Å². The molecule has 3 aromatic rings. The third kappa shape index (κ3) is 4.05. The zero-order chi connectivity index (χ0) is 24.0. The zero-order valence-corrected chi connectivity index (χ0v) is 19.1. The molecular formula is C23H22F4N4O2S. The Hall–Kier alpha value is -2.63. The molecule has 2 aliphatic rings. The zero-order valence-electron chi connectivity index (χ0n) is 18.3. The van der Waals surface area contributed by atoms with Crippen LogP contribution in [0.1, 0.15) is 5.56 Å². The summed E-state index contributed by atoms with van der Waals surface area (Å²) in [5, 5.41) is 3.48. The van der Waals surface area contributed by atoms with Crippen LogP contribution in [0.4, 0.5) is 23.4 Å². The first kappa shape index (κ1) is 23.1. The van der Waals surface area contributed by atoms with Crippen LogP contribution >= 0.6 is 11.8 Å². The lowest BCUT2D eigenvalue weighted by Crippen LogP contribution is -2.45. The van der Waals surface area contributed by atoms with E-state index in [2.05, 4.69) is 10.3 Å². The first-order valence-corrected chi connectivity index (χ1v) is 11.8. The summed E-state index contributed by atoms with van der Waals surface area (Å²) >= 11 is 1.22. The van der Waals surface area contributed by atoms with Crippen LogP contribution < -0.4 is 15.9 Å². The molecule has 2 aliphatic heterocycles. The fourth-order valence-electron chi connectivity index (χ4n) is 4.52. The van der Waals surface area contributed by atoms with Crippen LogP contribution in [0, 0.1) is 5.82 Å². The highest BCUT2D eigenvalue weighted by molar-refractivity contribution is 7.99. The number of methoxy groups -OCH3 is 1. The van der Waals surface area contributed by atoms with Gasteiger partial charge in [0, 0.05) is 54.9 Å². The number of thioether (sulfide) groups is 1. The molecule has 1 saturated heterocycles. The predicted octanol–water partition coefficient (Wildman–Crippen LogP) is 3.75. The largest absolute Gasteiger partial charge is 0.417 e. The molecular weight excluding hydrogens is 472 g/mol. The molecule has 1 fully saturated rings. The second-order valence-electron chi connectivity index (χ2n) is 8.26. The highest BCUT2D eigenvalue weighted by Crippen LogP contribution is 2.48. The van der Waals surface area contributed by atoms with E-state index in [0.29, 0.717) is 42.3 Å². The molecule has 5 rings (SSSR count). The monoisotopic (exact) mass is 494 g/mol. The second-order valence-corrected chi connectivity index (χ2v) is 9.29. The van der Waals surface area contributed by atoms with Crippen LogP contribution in [0.25, 0.3) is 22.0 Å². The van der Waals surface area contributed by atoms with Gasteiger partial charge in [-0.2, -0.15) is 18.2 Å². The first-order valence-electron chi connectivity index (χ1n) is 10.8. The van der Waals surface area contributed by atoms with Gasteiger partial charge < -0.3 is 15.0 Å². The van der Waals surface area contributed by atoms with Crippen LogP contribution in [0.2, 0.25) is 0 Å². The van der Waals surface area contributed by atoms with Crippen LogP contribution in [0.3, 0.4) is 0 Å². The van der Waals surface area contributed by atoms with E-state index >= 15 is 0 Å². The molecule has 0 bridgehead atoms. The van der Waals surface area contributed by atoms with Crippen molar-refractivity contribution in [2.75, 3.05) is 43.9 Å². The fraction of sp³-hybridized carbons (Fsp3) is 0.391. The maximum atomic E-state index is 14.5. The highest BCUT2D eigenvalue weighted by Gasteiger charge is 2.38. The van der Waals surface area contributed by atoms with E-state index in [4.69, 9.17) is 4.74 Å². The Morgan fingerprint density at radius 1 is 1.18 bits per heavy atom. The van der Waals surface area contributed by atoms with Crippen molar-refractivity contribution in [3.8, 4) is 11.1 Å². The van der Waals surface area contributed by atoms with Gasteiger partial charge in [0.1, 0.15) is 11.6 Å². The third-order valence-corrected chi connectivity index (χ3v) is 7.41. The molecule has 0 spiro atoms. The third-order valence-electron chi connectivity index (χ3n) is 6.19. The number of ether oxygens (including phenoxy) is 1. The number of anilines is 1. The summed E-state index contributed by atoms with van der Waals surface area (Å²) < 4.78 is 63.9. The Kier molecular flexibility index (Phi) is 6.03. The normalized spacial score (nSPS) is 18.9. The second kappa shape index (κ2) is 8.86. The van der Waals surface area contributed by atoms with Crippen molar-refractivity contribution in [3.63, 3.8) is 0 Å². The van der Waals surface area contributed by atoms with Crippen LogP contribution in [0.5, 0.6) is 0 Å². The average Bonchev–Trinajstić information content (AvgIpc) is 3.02. The number of nitrogens with zero attached hydrogens (tertiary/aromatic N) is 3.